The molecule has 0 aliphatic rings. The number of benzene rings is 1. The molecule has 0 saturated carbocycles. The van der Waals surface area contributed by atoms with Crippen LogP contribution in [0.4, 0.5) is 0 Å². The summed E-state index contributed by atoms with van der Waals surface area (Å²) < 4.78 is 0. The lowest BCUT2D eigenvalue weighted by molar-refractivity contribution is 1.47. The summed E-state index contributed by atoms with van der Waals surface area (Å²) in [6.07, 6.45) is 2.12. The summed E-state index contributed by atoms with van der Waals surface area (Å²) in [5, 5.41) is 1.14. The highest BCUT2D eigenvalue weighted by Crippen LogP contribution is 2.20. The second kappa shape index (κ2) is 15.4. The quantitative estimate of drug-likeness (QED) is 0.520. The Balaban J connectivity index is 0. The molecule has 0 fully saturated rings. The Bertz CT molecular complexity index is 173. The van der Waals surface area contributed by atoms with Gasteiger partial charge in [0, 0.05) is 9.98 Å². The van der Waals surface area contributed by atoms with Crippen LogP contribution in [-0.4, -0.2) is 11.3 Å². The average Bonchev–Trinajstić information content (AvgIpc) is 2.33. The summed E-state index contributed by atoms with van der Waals surface area (Å²) in [6, 6.07) is 10.5. The molecular weight excluding hydrogens is 208 g/mol. The molecule has 1 aromatic rings. The van der Waals surface area contributed by atoms with Crippen molar-refractivity contribution in [3.8, 4) is 0 Å². The van der Waals surface area contributed by atoms with Crippen molar-refractivity contribution in [3.63, 3.8) is 0 Å². The van der Waals surface area contributed by atoms with Crippen molar-refractivity contribution in [1.82, 2.24) is 0 Å². The number of thioether (sulfide) groups is 2. The minimum absolute atomic E-state index is 1.14. The highest BCUT2D eigenvalue weighted by Gasteiger charge is 1.87. The molecule has 0 aromatic heterocycles. The van der Waals surface area contributed by atoms with E-state index in [0.29, 0.717) is 0 Å². The lowest BCUT2D eigenvalue weighted by atomic mass is 10.4. The van der Waals surface area contributed by atoms with Gasteiger partial charge in [0.25, 0.3) is 0 Å². The van der Waals surface area contributed by atoms with Crippen LogP contribution in [0.5, 0.6) is 0 Å². The molecule has 0 unspecified atom stereocenters. The van der Waals surface area contributed by atoms with Crippen LogP contribution in [0.2, 0.25) is 0 Å². The van der Waals surface area contributed by atoms with Gasteiger partial charge in [0.2, 0.25) is 0 Å². The largest absolute Gasteiger partial charge is 0.154 e. The highest BCUT2D eigenvalue weighted by molar-refractivity contribution is 8.15. The van der Waals surface area contributed by atoms with Gasteiger partial charge in [-0.1, -0.05) is 45.9 Å². The fourth-order valence-corrected chi connectivity index (χ4v) is 2.01. The van der Waals surface area contributed by atoms with E-state index in [9.17, 15) is 0 Å². The zero-order valence-corrected chi connectivity index (χ0v) is 11.5. The number of hydrogen-bond acceptors (Lipinski definition) is 2. The maximum atomic E-state index is 2.14. The molecule has 0 nitrogen and oxygen atoms in total. The third kappa shape index (κ3) is 10.0. The predicted molar refractivity (Wildman–Crippen MR) is 73.4 cm³/mol. The molecule has 1 rings (SSSR count). The lowest BCUT2D eigenvalue weighted by Crippen LogP contribution is -1.69. The molecule has 0 aliphatic heterocycles. The van der Waals surface area contributed by atoms with Crippen LogP contribution in [0.3, 0.4) is 0 Å². The van der Waals surface area contributed by atoms with Crippen molar-refractivity contribution < 1.29 is 0 Å². The molecule has 0 atom stereocenters. The first kappa shape index (κ1) is 16.4. The van der Waals surface area contributed by atoms with E-state index in [4.69, 9.17) is 0 Å². The van der Waals surface area contributed by atoms with Crippen molar-refractivity contribution in [3.05, 3.63) is 30.3 Å². The maximum absolute atomic E-state index is 2.14. The standard InChI is InChI=1S/C8H10S2.2C2H6/c1-9-7-10-8-5-3-2-4-6-8;2*1-2/h2-6H,7H2,1H3;2*1-2H3. The van der Waals surface area contributed by atoms with Gasteiger partial charge in [-0.3, -0.25) is 0 Å². The topological polar surface area (TPSA) is 0 Å². The van der Waals surface area contributed by atoms with Crippen molar-refractivity contribution in [1.29, 1.82) is 0 Å². The molecule has 0 aliphatic carbocycles. The summed E-state index contributed by atoms with van der Waals surface area (Å²) in [5.41, 5.74) is 0. The van der Waals surface area contributed by atoms with E-state index < -0.39 is 0 Å². The number of rotatable bonds is 3. The van der Waals surface area contributed by atoms with Gasteiger partial charge in [0.1, 0.15) is 0 Å². The molecule has 0 bridgehead atoms. The molecule has 0 amide bonds. The zero-order valence-electron chi connectivity index (χ0n) is 9.91. The summed E-state index contributed by atoms with van der Waals surface area (Å²) >= 11 is 3.74. The summed E-state index contributed by atoms with van der Waals surface area (Å²) in [5.74, 6) is 0. The summed E-state index contributed by atoms with van der Waals surface area (Å²) in [7, 11) is 0. The smallest absolute Gasteiger partial charge is 0.0436 e. The Hall–Kier alpha value is -0.0800. The van der Waals surface area contributed by atoms with Gasteiger partial charge in [-0.15, -0.1) is 11.8 Å². The van der Waals surface area contributed by atoms with E-state index in [1.54, 1.807) is 0 Å². The Labute approximate surface area is 97.9 Å². The predicted octanol–water partition coefficient (Wildman–Crippen LogP) is 5.15. The molecule has 14 heavy (non-hydrogen) atoms. The molecule has 82 valence electrons. The van der Waals surface area contributed by atoms with E-state index in [-0.39, 0.29) is 0 Å². The van der Waals surface area contributed by atoms with Gasteiger partial charge < -0.3 is 0 Å². The van der Waals surface area contributed by atoms with Crippen LogP contribution >= 0.6 is 23.5 Å². The highest BCUT2D eigenvalue weighted by atomic mass is 32.2. The van der Waals surface area contributed by atoms with Gasteiger partial charge in [-0.25, -0.2) is 0 Å². The SMILES string of the molecule is CC.CC.CSCSc1ccccc1. The first-order chi connectivity index (χ1) is 6.93. The lowest BCUT2D eigenvalue weighted by Gasteiger charge is -1.96. The van der Waals surface area contributed by atoms with Crippen LogP contribution in [0.25, 0.3) is 0 Å². The van der Waals surface area contributed by atoms with E-state index in [0.717, 1.165) is 5.08 Å². The van der Waals surface area contributed by atoms with Gasteiger partial charge in [0.05, 0.1) is 0 Å². The van der Waals surface area contributed by atoms with E-state index >= 15 is 0 Å². The summed E-state index contributed by atoms with van der Waals surface area (Å²) in [6.45, 7) is 8.00. The van der Waals surface area contributed by atoms with E-state index in [1.165, 1.54) is 4.90 Å². The third-order valence-electron chi connectivity index (χ3n) is 1.09. The summed E-state index contributed by atoms with van der Waals surface area (Å²) in [4.78, 5) is 1.36. The second-order valence-corrected chi connectivity index (χ2v) is 4.14. The third-order valence-corrected chi connectivity index (χ3v) is 3.11. The van der Waals surface area contributed by atoms with Crippen molar-refractivity contribution >= 4 is 23.5 Å². The molecule has 1 aromatic carbocycles. The molecular formula is C12H22S2. The fraction of sp³-hybridized carbons (Fsp3) is 0.500. The zero-order chi connectivity index (χ0) is 11.2. The van der Waals surface area contributed by atoms with Crippen molar-refractivity contribution in [2.45, 2.75) is 32.6 Å². The average molecular weight is 230 g/mol. The maximum Gasteiger partial charge on any atom is 0.0436 e. The van der Waals surface area contributed by atoms with Crippen LogP contribution in [0.1, 0.15) is 27.7 Å². The van der Waals surface area contributed by atoms with Gasteiger partial charge in [-0.2, -0.15) is 11.8 Å². The Morgan fingerprint density at radius 3 is 1.86 bits per heavy atom. The monoisotopic (exact) mass is 230 g/mol. The minimum Gasteiger partial charge on any atom is -0.154 e. The van der Waals surface area contributed by atoms with Crippen LogP contribution in [0, 0.1) is 0 Å². The van der Waals surface area contributed by atoms with Crippen molar-refractivity contribution in [2.24, 2.45) is 0 Å². The fourth-order valence-electron chi connectivity index (χ4n) is 0.644. The van der Waals surface area contributed by atoms with Gasteiger partial charge in [-0.05, 0) is 18.4 Å². The normalized spacial score (nSPS) is 7.79. The Morgan fingerprint density at radius 2 is 1.43 bits per heavy atom. The van der Waals surface area contributed by atoms with Crippen LogP contribution < -0.4 is 0 Å². The van der Waals surface area contributed by atoms with Crippen LogP contribution in [-0.2, 0) is 0 Å². The van der Waals surface area contributed by atoms with Gasteiger partial charge in [0.15, 0.2) is 0 Å². The molecule has 0 N–H and O–H groups in total. The molecule has 0 radical (unpaired) electrons. The van der Waals surface area contributed by atoms with E-state index in [2.05, 4.69) is 30.5 Å². The van der Waals surface area contributed by atoms with Gasteiger partial charge >= 0.3 is 0 Å². The minimum atomic E-state index is 1.14. The molecule has 0 saturated heterocycles. The van der Waals surface area contributed by atoms with Crippen molar-refractivity contribution in [2.75, 3.05) is 11.3 Å². The molecule has 0 heterocycles. The number of hydrogen-bond donors (Lipinski definition) is 0. The van der Waals surface area contributed by atoms with E-state index in [1.807, 2.05) is 57.3 Å². The molecule has 0 spiro atoms. The Kier molecular flexibility index (Phi) is 18.0. The first-order valence-corrected chi connectivity index (χ1v) is 7.48. The molecule has 2 heteroatoms. The van der Waals surface area contributed by atoms with Crippen LogP contribution in [0.15, 0.2) is 35.2 Å². The second-order valence-electron chi connectivity index (χ2n) is 1.86. The first-order valence-electron chi connectivity index (χ1n) is 5.10. The Morgan fingerprint density at radius 1 is 0.929 bits per heavy atom.